The van der Waals surface area contributed by atoms with E-state index in [9.17, 15) is 4.79 Å². The minimum Gasteiger partial charge on any atom is -0.497 e. The van der Waals surface area contributed by atoms with Crippen LogP contribution in [-0.4, -0.2) is 54.1 Å². The topological polar surface area (TPSA) is 58.6 Å². The van der Waals surface area contributed by atoms with Gasteiger partial charge in [0.05, 0.1) is 12.5 Å². The highest BCUT2D eigenvalue weighted by molar-refractivity contribution is 5.84. The minimum atomic E-state index is -0.171. The third kappa shape index (κ3) is 3.18. The monoisotopic (exact) mass is 432 g/mol. The molecule has 1 aliphatic heterocycles. The van der Waals surface area contributed by atoms with E-state index in [2.05, 4.69) is 44.0 Å². The number of carbonyl (C=O) groups is 1. The van der Waals surface area contributed by atoms with E-state index in [-0.39, 0.29) is 10.8 Å². The Balaban J connectivity index is 1.22. The summed E-state index contributed by atoms with van der Waals surface area (Å²) in [6.07, 6.45) is 10.5. The highest BCUT2D eigenvalue weighted by Crippen LogP contribution is 2.66. The molecule has 168 valence electrons. The minimum absolute atomic E-state index is 0.158. The second-order valence-electron chi connectivity index (χ2n) is 10.6. The fraction of sp³-hybridized carbons (Fsp3) is 0.577. The van der Waals surface area contributed by atoms with Crippen LogP contribution in [-0.2, 0) is 10.2 Å². The average molecular weight is 433 g/mol. The Morgan fingerprint density at radius 3 is 2.25 bits per heavy atom. The summed E-state index contributed by atoms with van der Waals surface area (Å²) in [6.45, 7) is 3.15. The lowest BCUT2D eigenvalue weighted by atomic mass is 9.42. The maximum absolute atomic E-state index is 14.0. The van der Waals surface area contributed by atoms with Gasteiger partial charge in [-0.3, -0.25) is 4.79 Å². The van der Waals surface area contributed by atoms with Gasteiger partial charge in [0.25, 0.3) is 0 Å². The zero-order valence-corrected chi connectivity index (χ0v) is 18.9. The van der Waals surface area contributed by atoms with Crippen LogP contribution in [0, 0.1) is 17.3 Å². The van der Waals surface area contributed by atoms with Crippen molar-refractivity contribution in [3.8, 4) is 5.75 Å². The Morgan fingerprint density at radius 1 is 0.969 bits per heavy atom. The van der Waals surface area contributed by atoms with Gasteiger partial charge >= 0.3 is 0 Å². The van der Waals surface area contributed by atoms with Crippen molar-refractivity contribution in [2.45, 2.75) is 43.9 Å². The highest BCUT2D eigenvalue weighted by atomic mass is 16.5. The molecule has 1 aromatic heterocycles. The van der Waals surface area contributed by atoms with Gasteiger partial charge in [0.2, 0.25) is 11.9 Å². The van der Waals surface area contributed by atoms with Crippen LogP contribution < -0.4 is 9.64 Å². The maximum Gasteiger partial charge on any atom is 0.228 e. The van der Waals surface area contributed by atoms with E-state index in [0.29, 0.717) is 17.7 Å². The second-order valence-corrected chi connectivity index (χ2v) is 10.6. The van der Waals surface area contributed by atoms with Crippen LogP contribution in [0.15, 0.2) is 42.7 Å². The molecule has 2 heterocycles. The van der Waals surface area contributed by atoms with Crippen molar-refractivity contribution < 1.29 is 9.53 Å². The quantitative estimate of drug-likeness (QED) is 0.738. The van der Waals surface area contributed by atoms with E-state index in [0.717, 1.165) is 57.1 Å². The number of nitrogens with zero attached hydrogens (tertiary/aromatic N) is 4. The zero-order chi connectivity index (χ0) is 21.8. The molecule has 0 radical (unpaired) electrons. The van der Waals surface area contributed by atoms with Crippen molar-refractivity contribution in [3.63, 3.8) is 0 Å². The number of methoxy groups -OCH3 is 1. The van der Waals surface area contributed by atoms with Gasteiger partial charge in [0.1, 0.15) is 5.75 Å². The summed E-state index contributed by atoms with van der Waals surface area (Å²) in [4.78, 5) is 27.1. The molecule has 2 aromatic rings. The van der Waals surface area contributed by atoms with Crippen LogP contribution in [0.3, 0.4) is 0 Å². The predicted molar refractivity (Wildman–Crippen MR) is 123 cm³/mol. The number of hydrogen-bond acceptors (Lipinski definition) is 5. The molecule has 32 heavy (non-hydrogen) atoms. The molecule has 5 fully saturated rings. The molecule has 4 saturated carbocycles. The van der Waals surface area contributed by atoms with Crippen molar-refractivity contribution in [1.82, 2.24) is 14.9 Å². The average Bonchev–Trinajstić information content (AvgIpc) is 2.83. The van der Waals surface area contributed by atoms with Crippen LogP contribution >= 0.6 is 0 Å². The number of piperazine rings is 1. The lowest BCUT2D eigenvalue weighted by Crippen LogP contribution is -2.61. The Kier molecular flexibility index (Phi) is 4.67. The Morgan fingerprint density at radius 2 is 1.62 bits per heavy atom. The van der Waals surface area contributed by atoms with Crippen LogP contribution in [0.1, 0.15) is 44.1 Å². The summed E-state index contributed by atoms with van der Waals surface area (Å²) in [5, 5.41) is 0. The molecule has 0 spiro atoms. The first-order valence-electron chi connectivity index (χ1n) is 12.1. The number of amides is 1. The zero-order valence-electron chi connectivity index (χ0n) is 18.9. The molecular weight excluding hydrogens is 400 g/mol. The largest absolute Gasteiger partial charge is 0.497 e. The Hall–Kier alpha value is -2.63. The molecule has 1 aromatic carbocycles. The van der Waals surface area contributed by atoms with Crippen LogP contribution in [0.4, 0.5) is 5.95 Å². The summed E-state index contributed by atoms with van der Waals surface area (Å²) < 4.78 is 5.39. The van der Waals surface area contributed by atoms with Gasteiger partial charge in [-0.15, -0.1) is 0 Å². The van der Waals surface area contributed by atoms with Gasteiger partial charge in [0, 0.05) is 38.6 Å². The van der Waals surface area contributed by atoms with Crippen molar-refractivity contribution in [2.24, 2.45) is 17.3 Å². The third-order valence-electron chi connectivity index (χ3n) is 8.62. The number of carbonyl (C=O) groups excluding carboxylic acids is 1. The summed E-state index contributed by atoms with van der Waals surface area (Å²) in [5.74, 6) is 3.46. The fourth-order valence-corrected chi connectivity index (χ4v) is 7.69. The van der Waals surface area contributed by atoms with Gasteiger partial charge in [-0.25, -0.2) is 9.97 Å². The highest BCUT2D eigenvalue weighted by Gasteiger charge is 2.61. The molecule has 6 nitrogen and oxygen atoms in total. The maximum atomic E-state index is 14.0. The van der Waals surface area contributed by atoms with Crippen LogP contribution in [0.5, 0.6) is 5.75 Å². The first-order valence-corrected chi connectivity index (χ1v) is 12.1. The molecule has 1 amide bonds. The lowest BCUT2D eigenvalue weighted by Gasteiger charge is -2.62. The van der Waals surface area contributed by atoms with Gasteiger partial charge in [-0.2, -0.15) is 0 Å². The molecule has 5 aliphatic rings. The number of aromatic nitrogens is 2. The molecule has 4 aliphatic carbocycles. The van der Waals surface area contributed by atoms with E-state index >= 15 is 0 Å². The first kappa shape index (κ1) is 20.0. The molecule has 2 atom stereocenters. The van der Waals surface area contributed by atoms with Crippen molar-refractivity contribution in [2.75, 3.05) is 38.2 Å². The van der Waals surface area contributed by atoms with Crippen LogP contribution in [0.25, 0.3) is 0 Å². The lowest BCUT2D eigenvalue weighted by molar-refractivity contribution is -0.160. The first-order chi connectivity index (χ1) is 15.6. The van der Waals surface area contributed by atoms with E-state index < -0.39 is 0 Å². The fourth-order valence-electron chi connectivity index (χ4n) is 7.69. The Labute approximate surface area is 190 Å². The van der Waals surface area contributed by atoms with Crippen molar-refractivity contribution in [3.05, 3.63) is 48.3 Å². The smallest absolute Gasteiger partial charge is 0.228 e. The number of anilines is 1. The summed E-state index contributed by atoms with van der Waals surface area (Å²) >= 11 is 0. The SMILES string of the molecule is COc1ccc(C23CC4CC(CC(C(=O)N5CCN(c6ncccn6)CC5)(C4)C2)C3)cc1. The van der Waals surface area contributed by atoms with Crippen LogP contribution in [0.2, 0.25) is 0 Å². The van der Waals surface area contributed by atoms with Crippen molar-refractivity contribution >= 4 is 11.9 Å². The van der Waals surface area contributed by atoms with Crippen molar-refractivity contribution in [1.29, 1.82) is 0 Å². The van der Waals surface area contributed by atoms with Gasteiger partial charge in [-0.1, -0.05) is 12.1 Å². The predicted octanol–water partition coefficient (Wildman–Crippen LogP) is 3.67. The molecule has 1 saturated heterocycles. The third-order valence-corrected chi connectivity index (χ3v) is 8.62. The van der Waals surface area contributed by atoms with Gasteiger partial charge in [-0.05, 0) is 79.5 Å². The standard InChI is InChI=1S/C26H32N4O2/c1-32-22-5-3-21(4-6-22)25-14-19-13-20(15-25)17-26(16-19,18-25)23(31)29-9-11-30(12-10-29)24-27-7-2-8-28-24/h2-8,19-20H,9-18H2,1H3. The van der Waals surface area contributed by atoms with Gasteiger partial charge in [0.15, 0.2) is 0 Å². The summed E-state index contributed by atoms with van der Waals surface area (Å²) in [5.41, 5.74) is 1.40. The molecule has 6 heteroatoms. The summed E-state index contributed by atoms with van der Waals surface area (Å²) in [7, 11) is 1.72. The second kappa shape index (κ2) is 7.46. The molecular formula is C26H32N4O2. The number of ether oxygens (including phenoxy) is 1. The number of benzene rings is 1. The van der Waals surface area contributed by atoms with E-state index in [4.69, 9.17) is 4.74 Å². The van der Waals surface area contributed by atoms with E-state index in [1.165, 1.54) is 24.8 Å². The number of rotatable bonds is 4. The molecule has 4 bridgehead atoms. The number of hydrogen-bond donors (Lipinski definition) is 0. The normalized spacial score (nSPS) is 33.4. The molecule has 2 unspecified atom stereocenters. The Bertz CT molecular complexity index is 971. The molecule has 0 N–H and O–H groups in total. The van der Waals surface area contributed by atoms with E-state index in [1.807, 2.05) is 6.07 Å². The molecule has 7 rings (SSSR count). The summed E-state index contributed by atoms with van der Waals surface area (Å²) in [6, 6.07) is 10.5. The van der Waals surface area contributed by atoms with E-state index in [1.54, 1.807) is 19.5 Å². The van der Waals surface area contributed by atoms with Gasteiger partial charge < -0.3 is 14.5 Å².